The highest BCUT2D eigenvalue weighted by Gasteiger charge is 2.55. The van der Waals surface area contributed by atoms with Gasteiger partial charge < -0.3 is 19.1 Å². The normalized spacial score (nSPS) is 17.5. The van der Waals surface area contributed by atoms with E-state index in [2.05, 4.69) is 18.2 Å². The Hall–Kier alpha value is -2.89. The monoisotopic (exact) mass is 403 g/mol. The van der Waals surface area contributed by atoms with Gasteiger partial charge in [0.05, 0.1) is 25.5 Å². The minimum absolute atomic E-state index is 0.128. The second kappa shape index (κ2) is 7.74. The largest absolute Gasteiger partial charge is 0.493 e. The van der Waals surface area contributed by atoms with Crippen molar-refractivity contribution in [2.75, 3.05) is 31.3 Å². The molecule has 0 N–H and O–H groups in total. The molecule has 0 aromatic heterocycles. The predicted octanol–water partition coefficient (Wildman–Crippen LogP) is 4.55. The van der Waals surface area contributed by atoms with Crippen LogP contribution >= 0.6 is 0 Å². The molecule has 0 saturated carbocycles. The van der Waals surface area contributed by atoms with E-state index >= 15 is 0 Å². The van der Waals surface area contributed by atoms with E-state index in [1.165, 1.54) is 0 Å². The van der Waals surface area contributed by atoms with E-state index in [1.807, 2.05) is 54.3 Å². The van der Waals surface area contributed by atoms with E-state index in [9.17, 15) is 4.79 Å². The van der Waals surface area contributed by atoms with Crippen LogP contribution in [-0.4, -0.2) is 32.3 Å². The first kappa shape index (κ1) is 19.1. The Morgan fingerprint density at radius 3 is 2.63 bits per heavy atom. The van der Waals surface area contributed by atoms with Crippen LogP contribution in [0.25, 0.3) is 10.8 Å². The van der Waals surface area contributed by atoms with Gasteiger partial charge in [0.25, 0.3) is 11.7 Å². The van der Waals surface area contributed by atoms with Gasteiger partial charge in [-0.05, 0) is 36.8 Å². The maximum Gasteiger partial charge on any atom is 0.292 e. The molecule has 5 heteroatoms. The van der Waals surface area contributed by atoms with Crippen LogP contribution in [0.1, 0.15) is 24.0 Å². The molecule has 1 amide bonds. The molecular formula is C25H25NO4. The van der Waals surface area contributed by atoms with E-state index < -0.39 is 5.79 Å². The van der Waals surface area contributed by atoms with E-state index in [1.54, 1.807) is 0 Å². The third kappa shape index (κ3) is 3.06. The Labute approximate surface area is 176 Å². The van der Waals surface area contributed by atoms with Gasteiger partial charge >= 0.3 is 0 Å². The number of fused-ring (bicyclic) bond motifs is 3. The van der Waals surface area contributed by atoms with Crippen molar-refractivity contribution in [3.8, 4) is 5.75 Å². The fraction of sp³-hybridized carbons (Fsp3) is 0.320. The van der Waals surface area contributed by atoms with E-state index in [-0.39, 0.29) is 5.91 Å². The van der Waals surface area contributed by atoms with Gasteiger partial charge in [0.15, 0.2) is 0 Å². The van der Waals surface area contributed by atoms with Crippen molar-refractivity contribution in [2.45, 2.75) is 25.6 Å². The molecule has 30 heavy (non-hydrogen) atoms. The molecule has 2 heterocycles. The van der Waals surface area contributed by atoms with E-state index in [4.69, 9.17) is 14.2 Å². The fourth-order valence-electron chi connectivity index (χ4n) is 4.43. The lowest BCUT2D eigenvalue weighted by Crippen LogP contribution is -2.47. The zero-order valence-corrected chi connectivity index (χ0v) is 17.1. The molecule has 1 fully saturated rings. The van der Waals surface area contributed by atoms with Crippen LogP contribution in [0, 0.1) is 6.92 Å². The number of carbonyl (C=O) groups excluding carboxylic acids is 1. The zero-order chi connectivity index (χ0) is 20.6. The molecule has 3 aromatic carbocycles. The van der Waals surface area contributed by atoms with Crippen LogP contribution < -0.4 is 9.64 Å². The van der Waals surface area contributed by atoms with E-state index in [0.717, 1.165) is 39.8 Å². The van der Waals surface area contributed by atoms with Gasteiger partial charge in [0.2, 0.25) is 0 Å². The second-order valence-electron chi connectivity index (χ2n) is 7.77. The van der Waals surface area contributed by atoms with Crippen LogP contribution in [0.3, 0.4) is 0 Å². The number of ether oxygens (including phenoxy) is 3. The molecular weight excluding hydrogens is 378 g/mol. The van der Waals surface area contributed by atoms with Crippen LogP contribution in [0.5, 0.6) is 5.75 Å². The van der Waals surface area contributed by atoms with Crippen molar-refractivity contribution in [1.82, 2.24) is 0 Å². The summed E-state index contributed by atoms with van der Waals surface area (Å²) in [5.41, 5.74) is 2.78. The van der Waals surface area contributed by atoms with Gasteiger partial charge in [-0.25, -0.2) is 0 Å². The summed E-state index contributed by atoms with van der Waals surface area (Å²) < 4.78 is 17.9. The standard InChI is InChI=1S/C25H25NO4/c1-18-8-4-12-21-23(18)26(24(27)25(21)29-16-7-17-30-25)14-6-15-28-22-13-5-10-19-9-2-3-11-20(19)22/h2-5,8-13H,6-7,14-17H2,1H3. The van der Waals surface area contributed by atoms with Crippen LogP contribution in [0.4, 0.5) is 5.69 Å². The number of nitrogens with zero attached hydrogens (tertiary/aromatic N) is 1. The lowest BCUT2D eigenvalue weighted by molar-refractivity contribution is -0.256. The molecule has 154 valence electrons. The number of hydrogen-bond acceptors (Lipinski definition) is 4. The van der Waals surface area contributed by atoms with Crippen LogP contribution in [0.2, 0.25) is 0 Å². The van der Waals surface area contributed by atoms with Gasteiger partial charge in [-0.15, -0.1) is 0 Å². The summed E-state index contributed by atoms with van der Waals surface area (Å²) in [6.07, 6.45) is 1.51. The van der Waals surface area contributed by atoms with Crippen molar-refractivity contribution in [1.29, 1.82) is 0 Å². The summed E-state index contributed by atoms with van der Waals surface area (Å²) in [6.45, 7) is 4.14. The second-order valence-corrected chi connectivity index (χ2v) is 7.77. The highest BCUT2D eigenvalue weighted by atomic mass is 16.7. The predicted molar refractivity (Wildman–Crippen MR) is 116 cm³/mol. The van der Waals surface area contributed by atoms with Crippen molar-refractivity contribution in [3.63, 3.8) is 0 Å². The number of benzene rings is 3. The lowest BCUT2D eigenvalue weighted by Gasteiger charge is -2.32. The minimum Gasteiger partial charge on any atom is -0.493 e. The Morgan fingerprint density at radius 1 is 1.00 bits per heavy atom. The summed E-state index contributed by atoms with van der Waals surface area (Å²) in [6, 6.07) is 20.2. The van der Waals surface area contributed by atoms with Crippen molar-refractivity contribution < 1.29 is 19.0 Å². The van der Waals surface area contributed by atoms with Gasteiger partial charge in [0, 0.05) is 17.5 Å². The minimum atomic E-state index is -1.28. The zero-order valence-electron chi connectivity index (χ0n) is 17.1. The van der Waals surface area contributed by atoms with Gasteiger partial charge in [-0.2, -0.15) is 0 Å². The molecule has 0 radical (unpaired) electrons. The third-order valence-corrected chi connectivity index (χ3v) is 5.82. The van der Waals surface area contributed by atoms with Crippen LogP contribution in [-0.2, 0) is 20.1 Å². The molecule has 2 aliphatic rings. The summed E-state index contributed by atoms with van der Waals surface area (Å²) in [5.74, 6) is -0.541. The maximum atomic E-state index is 13.4. The third-order valence-electron chi connectivity index (χ3n) is 5.82. The lowest BCUT2D eigenvalue weighted by atomic mass is 10.0. The first-order valence-corrected chi connectivity index (χ1v) is 10.5. The number of carbonyl (C=O) groups is 1. The highest BCUT2D eigenvalue weighted by Crippen LogP contribution is 2.46. The maximum absolute atomic E-state index is 13.4. The fourth-order valence-corrected chi connectivity index (χ4v) is 4.43. The number of hydrogen-bond donors (Lipinski definition) is 0. The molecule has 5 rings (SSSR count). The van der Waals surface area contributed by atoms with E-state index in [0.29, 0.717) is 32.8 Å². The molecule has 5 nitrogen and oxygen atoms in total. The average Bonchev–Trinajstić information content (AvgIpc) is 3.01. The van der Waals surface area contributed by atoms with Gasteiger partial charge in [-0.1, -0.05) is 54.6 Å². The Bertz CT molecular complexity index is 1080. The number of para-hydroxylation sites is 1. The molecule has 1 spiro atoms. The summed E-state index contributed by atoms with van der Waals surface area (Å²) >= 11 is 0. The number of aryl methyl sites for hydroxylation is 1. The Morgan fingerprint density at radius 2 is 1.77 bits per heavy atom. The molecule has 2 aliphatic heterocycles. The molecule has 0 atom stereocenters. The molecule has 0 aliphatic carbocycles. The first-order valence-electron chi connectivity index (χ1n) is 10.5. The van der Waals surface area contributed by atoms with Crippen molar-refractivity contribution in [3.05, 3.63) is 71.8 Å². The molecule has 1 saturated heterocycles. The molecule has 3 aromatic rings. The SMILES string of the molecule is Cc1cccc2c1N(CCCOc1cccc3ccccc13)C(=O)C21OCCCO1. The average molecular weight is 403 g/mol. The number of anilines is 1. The number of amides is 1. The number of rotatable bonds is 5. The quantitative estimate of drug-likeness (QED) is 0.586. The molecule has 0 bridgehead atoms. The Kier molecular flexibility index (Phi) is 4.93. The van der Waals surface area contributed by atoms with Gasteiger partial charge in [-0.3, -0.25) is 4.79 Å². The van der Waals surface area contributed by atoms with Crippen LogP contribution in [0.15, 0.2) is 60.7 Å². The molecule has 0 unspecified atom stereocenters. The highest BCUT2D eigenvalue weighted by molar-refractivity contribution is 6.06. The van der Waals surface area contributed by atoms with Crippen molar-refractivity contribution >= 4 is 22.4 Å². The smallest absolute Gasteiger partial charge is 0.292 e. The summed E-state index contributed by atoms with van der Waals surface area (Å²) in [5, 5.41) is 2.25. The Balaban J connectivity index is 1.32. The van der Waals surface area contributed by atoms with Crippen molar-refractivity contribution in [2.24, 2.45) is 0 Å². The van der Waals surface area contributed by atoms with Gasteiger partial charge in [0.1, 0.15) is 5.75 Å². The summed E-state index contributed by atoms with van der Waals surface area (Å²) in [4.78, 5) is 15.2. The summed E-state index contributed by atoms with van der Waals surface area (Å²) in [7, 11) is 0. The topological polar surface area (TPSA) is 48.0 Å². The first-order chi connectivity index (χ1) is 14.7.